The number of fused-ring (bicyclic) bond motifs is 1. The minimum Gasteiger partial charge on any atom is -0.379 e. The molecule has 3 aliphatic rings. The van der Waals surface area contributed by atoms with Crippen molar-refractivity contribution in [2.45, 2.75) is 54.5 Å². The number of rotatable bonds is 36. The van der Waals surface area contributed by atoms with Crippen LogP contribution in [-0.2, 0) is 57.4 Å². The molecule has 1 saturated heterocycles. The van der Waals surface area contributed by atoms with Gasteiger partial charge in [0, 0.05) is 41.8 Å². The second kappa shape index (κ2) is 33.0. The monoisotopic (exact) mass is 891 g/mol. The van der Waals surface area contributed by atoms with Crippen LogP contribution in [0.4, 0.5) is 0 Å². The normalized spacial score (nSPS) is 25.4. The lowest BCUT2D eigenvalue weighted by atomic mass is 9.63. The number of piperidine rings is 1. The minimum absolute atomic E-state index is 0.0922. The van der Waals surface area contributed by atoms with Crippen LogP contribution in [0.1, 0.15) is 38.5 Å². The fraction of sp³-hybridized carbons (Fsp3) is 1.00. The smallest absolute Gasteiger partial charge is 0.214 e. The van der Waals surface area contributed by atoms with E-state index in [1.54, 1.807) is 0 Å². The molecule has 0 aromatic rings. The van der Waals surface area contributed by atoms with Gasteiger partial charge in [0.15, 0.2) is 0 Å². The molecule has 2 saturated carbocycles. The second-order valence-electron chi connectivity index (χ2n) is 14.9. The first-order chi connectivity index (χ1) is 28.3. The van der Waals surface area contributed by atoms with Crippen molar-refractivity contribution in [2.75, 3.05) is 165 Å². The number of hydrogen-bond acceptors (Lipinski definition) is 14. The van der Waals surface area contributed by atoms with Gasteiger partial charge in [-0.25, -0.2) is 13.1 Å². The molecule has 3 fully saturated rings. The lowest BCUT2D eigenvalue weighted by Crippen LogP contribution is -2.54. The molecule has 0 bridgehead atoms. The summed E-state index contributed by atoms with van der Waals surface area (Å²) in [6.45, 7) is 11.5. The van der Waals surface area contributed by atoms with Crippen LogP contribution in [0.2, 0.25) is 0 Å². The van der Waals surface area contributed by atoms with Gasteiger partial charge in [-0.15, -0.1) is 23.2 Å². The van der Waals surface area contributed by atoms with Crippen LogP contribution in [0.3, 0.4) is 0 Å². The van der Waals surface area contributed by atoms with Gasteiger partial charge in [0.2, 0.25) is 10.0 Å². The van der Waals surface area contributed by atoms with Gasteiger partial charge in [0.25, 0.3) is 0 Å². The Labute approximate surface area is 356 Å². The molecule has 58 heavy (non-hydrogen) atoms. The van der Waals surface area contributed by atoms with Crippen LogP contribution in [0, 0.1) is 23.7 Å². The molecule has 0 aromatic heterocycles. The van der Waals surface area contributed by atoms with Crippen LogP contribution in [0.15, 0.2) is 5.11 Å². The number of ether oxygens (including phenoxy) is 10. The van der Waals surface area contributed by atoms with E-state index in [4.69, 9.17) is 76.1 Å². The Morgan fingerprint density at radius 3 is 1.50 bits per heavy atom. The van der Waals surface area contributed by atoms with Gasteiger partial charge < -0.3 is 52.3 Å². The highest BCUT2D eigenvalue weighted by Gasteiger charge is 2.47. The summed E-state index contributed by atoms with van der Waals surface area (Å²) in [6.07, 6.45) is 5.24. The van der Waals surface area contributed by atoms with E-state index in [-0.39, 0.29) is 22.5 Å². The maximum atomic E-state index is 13.2. The molecule has 1 heterocycles. The van der Waals surface area contributed by atoms with Crippen LogP contribution in [0.25, 0.3) is 10.4 Å². The number of hydrogen-bond donors (Lipinski definition) is 1. The maximum Gasteiger partial charge on any atom is 0.214 e. The molecule has 7 atom stereocenters. The van der Waals surface area contributed by atoms with Crippen molar-refractivity contribution in [3.8, 4) is 0 Å². The van der Waals surface area contributed by atoms with Crippen LogP contribution in [0.5, 0.6) is 0 Å². The maximum absolute atomic E-state index is 13.2. The van der Waals surface area contributed by atoms with Crippen LogP contribution in [-0.4, -0.2) is 195 Å². The van der Waals surface area contributed by atoms with E-state index in [9.17, 15) is 8.42 Å². The third-order valence-electron chi connectivity index (χ3n) is 10.6. The average Bonchev–Trinajstić information content (AvgIpc) is 3.21. The minimum atomic E-state index is -3.43. The molecule has 2 aliphatic carbocycles. The number of azide groups is 1. The first-order valence-corrected chi connectivity index (χ1v) is 23.5. The molecule has 0 amide bonds. The predicted octanol–water partition coefficient (Wildman–Crippen LogP) is 3.74. The Hall–Kier alpha value is -0.640. The van der Waals surface area contributed by atoms with Crippen molar-refractivity contribution >= 4 is 33.2 Å². The van der Waals surface area contributed by atoms with E-state index in [2.05, 4.69) is 26.7 Å². The largest absolute Gasteiger partial charge is 0.379 e. The predicted molar refractivity (Wildman–Crippen MR) is 221 cm³/mol. The van der Waals surface area contributed by atoms with Crippen LogP contribution < -0.4 is 4.72 Å². The third kappa shape index (κ3) is 23.0. The Morgan fingerprint density at radius 1 is 0.603 bits per heavy atom. The molecular weight excluding hydrogens is 821 g/mol. The number of alkyl halides is 2. The zero-order chi connectivity index (χ0) is 41.5. The zero-order valence-corrected chi connectivity index (χ0v) is 36.9. The second-order valence-corrected chi connectivity index (χ2v) is 18.1. The summed E-state index contributed by atoms with van der Waals surface area (Å²) in [7, 11) is -1.27. The van der Waals surface area contributed by atoms with Crippen molar-refractivity contribution in [3.05, 3.63) is 10.4 Å². The van der Waals surface area contributed by atoms with E-state index in [0.717, 1.165) is 38.8 Å². The Morgan fingerprint density at radius 2 is 1.03 bits per heavy atom. The topological polar surface area (TPSA) is 190 Å². The molecule has 0 radical (unpaired) electrons. The first kappa shape index (κ1) is 51.7. The van der Waals surface area contributed by atoms with Crippen molar-refractivity contribution in [1.82, 2.24) is 9.62 Å². The van der Waals surface area contributed by atoms with Crippen LogP contribution >= 0.6 is 23.2 Å². The van der Waals surface area contributed by atoms with Gasteiger partial charge in [-0.3, -0.25) is 0 Å². The Kier molecular flexibility index (Phi) is 29.4. The van der Waals surface area contributed by atoms with Gasteiger partial charge in [0.05, 0.1) is 137 Å². The van der Waals surface area contributed by atoms with E-state index in [1.807, 2.05) is 0 Å². The van der Waals surface area contributed by atoms with Gasteiger partial charge >= 0.3 is 0 Å². The number of nitrogens with zero attached hydrogens (tertiary/aromatic N) is 4. The Bertz CT molecular complexity index is 1180. The highest BCUT2D eigenvalue weighted by Crippen LogP contribution is 2.48. The van der Waals surface area contributed by atoms with Crippen molar-refractivity contribution < 1.29 is 55.8 Å². The quantitative estimate of drug-likeness (QED) is 0.0315. The number of halogens is 2. The van der Waals surface area contributed by atoms with Gasteiger partial charge in [-0.2, -0.15) is 0 Å². The summed E-state index contributed by atoms with van der Waals surface area (Å²) in [5.74, 6) is 1.71. The Balaban J connectivity index is 1.02. The van der Waals surface area contributed by atoms with Gasteiger partial charge in [0.1, 0.15) is 0 Å². The van der Waals surface area contributed by atoms with Crippen molar-refractivity contribution in [1.29, 1.82) is 0 Å². The fourth-order valence-electron chi connectivity index (χ4n) is 7.88. The molecule has 3 rings (SSSR count). The molecule has 7 unspecified atom stereocenters. The highest BCUT2D eigenvalue weighted by atomic mass is 35.5. The van der Waals surface area contributed by atoms with Gasteiger partial charge in [-0.05, 0) is 61.9 Å². The fourth-order valence-corrected chi connectivity index (χ4v) is 10.4. The van der Waals surface area contributed by atoms with Crippen molar-refractivity contribution in [3.63, 3.8) is 0 Å². The number of sulfonamides is 1. The molecule has 340 valence electrons. The van der Waals surface area contributed by atoms with E-state index in [1.165, 1.54) is 0 Å². The third-order valence-corrected chi connectivity index (χ3v) is 13.4. The highest BCUT2D eigenvalue weighted by molar-refractivity contribution is 7.90. The number of likely N-dealkylation sites (tertiary alicyclic amines) is 1. The summed E-state index contributed by atoms with van der Waals surface area (Å²) in [5, 5.41) is 3.21. The standard InChI is InChI=1S/C38H71Cl2N5O12S/c1-45-30-36(35-28-33(39)29-38(40)37(35)31-45)32-3-2-4-34(27-32)58(46,47)43-6-8-49-10-12-51-14-16-53-18-20-55-22-24-57-26-25-56-23-21-54-19-17-52-15-13-50-11-9-48-7-5-42-44-41/h32-38,43H,2-31H2,1H3. The van der Waals surface area contributed by atoms with E-state index in [0.29, 0.717) is 175 Å². The van der Waals surface area contributed by atoms with Gasteiger partial charge in [-0.1, -0.05) is 18.0 Å². The van der Waals surface area contributed by atoms with E-state index >= 15 is 0 Å². The number of nitrogens with one attached hydrogen (secondary N) is 1. The molecular formula is C38H71Cl2N5O12S. The molecule has 1 N–H and O–H groups in total. The summed E-state index contributed by atoms with van der Waals surface area (Å²) < 4.78 is 84.0. The van der Waals surface area contributed by atoms with E-state index < -0.39 is 10.0 Å². The molecule has 20 heteroatoms. The summed E-state index contributed by atoms with van der Waals surface area (Å²) in [4.78, 5) is 5.03. The molecule has 17 nitrogen and oxygen atoms in total. The first-order valence-electron chi connectivity index (χ1n) is 21.0. The summed E-state index contributed by atoms with van der Waals surface area (Å²) in [5.41, 5.74) is 8.16. The lowest BCUT2D eigenvalue weighted by molar-refractivity contribution is -0.0262. The molecule has 1 aliphatic heterocycles. The molecule has 0 spiro atoms. The zero-order valence-electron chi connectivity index (χ0n) is 34.6. The van der Waals surface area contributed by atoms with Crippen molar-refractivity contribution in [2.24, 2.45) is 28.8 Å². The molecule has 0 aromatic carbocycles. The SMILES string of the molecule is CN1CC2C(Cl)CC(Cl)CC2C(C2CCCC(S(=O)(=O)NCCOCCOCCOCCOCCOCCOCCOCCOCCOCCOCCN=[N+]=[N-])C2)C1. The average molecular weight is 893 g/mol. The summed E-state index contributed by atoms with van der Waals surface area (Å²) in [6, 6.07) is 0. The summed E-state index contributed by atoms with van der Waals surface area (Å²) >= 11 is 13.4. The lowest BCUT2D eigenvalue weighted by Gasteiger charge is -2.51.